The predicted octanol–water partition coefficient (Wildman–Crippen LogP) is 4.24. The van der Waals surface area contributed by atoms with Crippen LogP contribution in [0.1, 0.15) is 52.1 Å². The first-order chi connectivity index (χ1) is 18.8. The number of anilines is 2. The van der Waals surface area contributed by atoms with Crippen molar-refractivity contribution in [3.05, 3.63) is 88.0 Å². The van der Waals surface area contributed by atoms with E-state index in [0.717, 1.165) is 61.0 Å². The van der Waals surface area contributed by atoms with Gasteiger partial charge in [-0.25, -0.2) is 13.1 Å². The average molecular weight is 542 g/mol. The number of benzene rings is 3. The van der Waals surface area contributed by atoms with Crippen molar-refractivity contribution in [1.82, 2.24) is 4.72 Å². The number of nitrogens with one attached hydrogen (secondary N) is 2. The summed E-state index contributed by atoms with van der Waals surface area (Å²) in [6.07, 6.45) is 8.49. The molecule has 0 saturated heterocycles. The van der Waals surface area contributed by atoms with Gasteiger partial charge >= 0.3 is 0 Å². The molecular weight excluding hydrogens is 510 g/mol. The molecule has 1 aliphatic carbocycles. The maximum atomic E-state index is 13.8. The Morgan fingerprint density at radius 2 is 1.90 bits per heavy atom. The molecule has 39 heavy (non-hydrogen) atoms. The summed E-state index contributed by atoms with van der Waals surface area (Å²) in [4.78, 5) is 16.3. The lowest BCUT2D eigenvalue weighted by atomic mass is 9.65. The van der Waals surface area contributed by atoms with Crippen LogP contribution in [0.25, 0.3) is 6.08 Å². The summed E-state index contributed by atoms with van der Waals surface area (Å²) >= 11 is 0. The zero-order valence-electron chi connectivity index (χ0n) is 21.8. The largest absolute Gasteiger partial charge is 0.507 e. The number of sulfonamides is 1. The van der Waals surface area contributed by atoms with Crippen molar-refractivity contribution < 1.29 is 18.3 Å². The molecule has 4 aliphatic rings. The molecular formula is C31H31N3O4S. The van der Waals surface area contributed by atoms with Crippen molar-refractivity contribution in [2.24, 2.45) is 0 Å². The Bertz CT molecular complexity index is 1680. The van der Waals surface area contributed by atoms with Crippen LogP contribution >= 0.6 is 0 Å². The van der Waals surface area contributed by atoms with Crippen LogP contribution in [0.4, 0.5) is 11.4 Å². The average Bonchev–Trinajstić information content (AvgIpc) is 3.48. The van der Waals surface area contributed by atoms with Gasteiger partial charge < -0.3 is 15.3 Å². The molecule has 0 radical (unpaired) electrons. The van der Waals surface area contributed by atoms with Gasteiger partial charge in [-0.1, -0.05) is 42.5 Å². The summed E-state index contributed by atoms with van der Waals surface area (Å²) < 4.78 is 27.8. The van der Waals surface area contributed by atoms with E-state index in [1.54, 1.807) is 12.1 Å². The maximum absolute atomic E-state index is 13.8. The van der Waals surface area contributed by atoms with Crippen molar-refractivity contribution in [1.29, 1.82) is 0 Å². The number of phenols is 1. The SMILES string of the molecule is CNS(=O)(=O)c1ccc2c(c1)C(C1(Cc3cc4c5c(c3O)CCCN5CCC4)C=Cc3ccccc31)C(=O)N2. The molecule has 3 aliphatic heterocycles. The van der Waals surface area contributed by atoms with E-state index in [0.29, 0.717) is 23.4 Å². The second kappa shape index (κ2) is 8.69. The normalized spacial score (nSPS) is 22.8. The van der Waals surface area contributed by atoms with Crippen LogP contribution in [0.15, 0.2) is 59.5 Å². The zero-order valence-corrected chi connectivity index (χ0v) is 22.6. The van der Waals surface area contributed by atoms with Crippen LogP contribution < -0.4 is 14.9 Å². The van der Waals surface area contributed by atoms with Crippen LogP contribution in [0.2, 0.25) is 0 Å². The fourth-order valence-electron chi connectivity index (χ4n) is 7.30. The van der Waals surface area contributed by atoms with Gasteiger partial charge in [0.05, 0.1) is 10.8 Å². The number of fused-ring (bicyclic) bond motifs is 2. The van der Waals surface area contributed by atoms with Gasteiger partial charge in [-0.05, 0) is 85.2 Å². The van der Waals surface area contributed by atoms with Crippen molar-refractivity contribution in [3.63, 3.8) is 0 Å². The number of allylic oxidation sites excluding steroid dienone is 1. The number of carbonyl (C=O) groups excluding carboxylic acids is 1. The highest BCUT2D eigenvalue weighted by molar-refractivity contribution is 7.89. The molecule has 0 saturated carbocycles. The summed E-state index contributed by atoms with van der Waals surface area (Å²) in [5.74, 6) is -0.499. The Kier molecular flexibility index (Phi) is 5.44. The fraction of sp³-hybridized carbons (Fsp3) is 0.323. The topological polar surface area (TPSA) is 98.7 Å². The molecule has 0 fully saturated rings. The van der Waals surface area contributed by atoms with Gasteiger partial charge in [0.1, 0.15) is 5.75 Å². The molecule has 3 aromatic rings. The Labute approximate surface area is 228 Å². The lowest BCUT2D eigenvalue weighted by Crippen LogP contribution is -2.38. The van der Waals surface area contributed by atoms with Crippen LogP contribution in [-0.2, 0) is 39.5 Å². The summed E-state index contributed by atoms with van der Waals surface area (Å²) in [6.45, 7) is 2.05. The monoisotopic (exact) mass is 541 g/mol. The molecule has 2 unspecified atom stereocenters. The summed E-state index contributed by atoms with van der Waals surface area (Å²) in [7, 11) is -2.32. The van der Waals surface area contributed by atoms with E-state index in [4.69, 9.17) is 0 Å². The third kappa shape index (κ3) is 3.58. The van der Waals surface area contributed by atoms with E-state index in [1.165, 1.54) is 24.4 Å². The Balaban J connectivity index is 1.42. The molecule has 0 bridgehead atoms. The number of aryl methyl sites for hydroxylation is 1. The standard InChI is InChI=1S/C31H31N3O4S/c1-32-39(37,38)22-10-11-26-24(17-22)27(30(36)33-26)31(13-12-19-6-2-3-9-25(19)31)18-21-16-20-7-4-14-34-15-5-8-23(28(20)34)29(21)35/h2-3,6,9-13,16-17,27,32,35H,4-5,7-8,14-15,18H2,1H3,(H,33,36). The van der Waals surface area contributed by atoms with E-state index in [1.807, 2.05) is 18.2 Å². The smallest absolute Gasteiger partial charge is 0.240 e. The third-order valence-corrected chi connectivity index (χ3v) is 10.4. The van der Waals surface area contributed by atoms with Gasteiger partial charge in [-0.15, -0.1) is 0 Å². The number of rotatable bonds is 5. The van der Waals surface area contributed by atoms with E-state index in [9.17, 15) is 18.3 Å². The second-order valence-corrected chi connectivity index (χ2v) is 13.0. The second-order valence-electron chi connectivity index (χ2n) is 11.1. The van der Waals surface area contributed by atoms with Crippen molar-refractivity contribution in [2.75, 3.05) is 30.4 Å². The molecule has 3 aromatic carbocycles. The van der Waals surface area contributed by atoms with E-state index in [2.05, 4.69) is 39.2 Å². The number of aromatic hydroxyl groups is 1. The first-order valence-electron chi connectivity index (χ1n) is 13.6. The molecule has 0 spiro atoms. The van der Waals surface area contributed by atoms with Crippen molar-refractivity contribution >= 4 is 33.4 Å². The van der Waals surface area contributed by atoms with Crippen molar-refractivity contribution in [2.45, 2.75) is 48.3 Å². The Hall–Kier alpha value is -3.62. The number of phenolic OH excluding ortho intramolecular Hbond substituents is 1. The maximum Gasteiger partial charge on any atom is 0.240 e. The molecule has 2 atom stereocenters. The highest BCUT2D eigenvalue weighted by Gasteiger charge is 2.50. The van der Waals surface area contributed by atoms with Crippen LogP contribution in [0.3, 0.4) is 0 Å². The minimum atomic E-state index is -3.70. The van der Waals surface area contributed by atoms with E-state index >= 15 is 0 Å². The van der Waals surface area contributed by atoms with Gasteiger partial charge in [0.2, 0.25) is 15.9 Å². The molecule has 0 aromatic heterocycles. The number of carbonyl (C=O) groups is 1. The predicted molar refractivity (Wildman–Crippen MR) is 152 cm³/mol. The third-order valence-electron chi connectivity index (χ3n) is 9.03. The zero-order chi connectivity index (χ0) is 26.9. The first-order valence-corrected chi connectivity index (χ1v) is 15.1. The molecule has 7 nitrogen and oxygen atoms in total. The summed E-state index contributed by atoms with van der Waals surface area (Å²) in [5, 5.41) is 14.7. The highest BCUT2D eigenvalue weighted by atomic mass is 32.2. The number of amides is 1. The van der Waals surface area contributed by atoms with Gasteiger partial charge in [0.15, 0.2) is 0 Å². The lowest BCUT2D eigenvalue weighted by molar-refractivity contribution is -0.118. The van der Waals surface area contributed by atoms with Crippen LogP contribution in [0.5, 0.6) is 5.75 Å². The molecule has 8 heteroatoms. The first kappa shape index (κ1) is 24.4. The van der Waals surface area contributed by atoms with Gasteiger partial charge in [0.25, 0.3) is 0 Å². The molecule has 3 N–H and O–H groups in total. The van der Waals surface area contributed by atoms with Crippen LogP contribution in [0, 0.1) is 0 Å². The van der Waals surface area contributed by atoms with Gasteiger partial charge in [0, 0.05) is 35.4 Å². The van der Waals surface area contributed by atoms with E-state index < -0.39 is 21.4 Å². The Morgan fingerprint density at radius 1 is 1.10 bits per heavy atom. The number of hydrogen-bond acceptors (Lipinski definition) is 5. The van der Waals surface area contributed by atoms with Gasteiger partial charge in [-0.3, -0.25) is 4.79 Å². The molecule has 3 heterocycles. The number of nitrogens with zero attached hydrogens (tertiary/aromatic N) is 1. The Morgan fingerprint density at radius 3 is 2.72 bits per heavy atom. The molecule has 200 valence electrons. The summed E-state index contributed by atoms with van der Waals surface area (Å²) in [5.41, 5.74) is 6.86. The lowest BCUT2D eigenvalue weighted by Gasteiger charge is -2.39. The fourth-order valence-corrected chi connectivity index (χ4v) is 8.06. The van der Waals surface area contributed by atoms with Crippen molar-refractivity contribution in [3.8, 4) is 5.75 Å². The minimum absolute atomic E-state index is 0.122. The highest BCUT2D eigenvalue weighted by Crippen LogP contribution is 2.54. The molecule has 1 amide bonds. The van der Waals surface area contributed by atoms with Crippen LogP contribution in [-0.4, -0.2) is 39.6 Å². The van der Waals surface area contributed by atoms with E-state index in [-0.39, 0.29) is 10.8 Å². The molecule has 7 rings (SSSR count). The summed E-state index contributed by atoms with van der Waals surface area (Å²) in [6, 6.07) is 15.0. The minimum Gasteiger partial charge on any atom is -0.507 e. The number of hydrogen-bond donors (Lipinski definition) is 3. The quantitative estimate of drug-likeness (QED) is 0.449. The van der Waals surface area contributed by atoms with Gasteiger partial charge in [-0.2, -0.15) is 0 Å².